The number of allylic oxidation sites excluding steroid dienone is 1. The van der Waals surface area contributed by atoms with Crippen LogP contribution in [0.15, 0.2) is 59.9 Å². The standard InChI is InChI=1S/C19H18FN5O3/c1-23(2)10-7-16(26)18-19(27)17(28-3)12-25(22-18)15-6-5-13(11-14(15)20)24-9-4-8-21-24/h4-12H,1-3H3. The van der Waals surface area contributed by atoms with Crippen molar-refractivity contribution in [2.24, 2.45) is 0 Å². The number of carbonyl (C=O) groups excluding carboxylic acids is 1. The molecule has 1 aromatic carbocycles. The fourth-order valence-corrected chi connectivity index (χ4v) is 2.44. The molecule has 9 heteroatoms. The average Bonchev–Trinajstić information content (AvgIpc) is 3.21. The highest BCUT2D eigenvalue weighted by molar-refractivity contribution is 6.03. The molecule has 0 radical (unpaired) electrons. The third kappa shape index (κ3) is 3.83. The SMILES string of the molecule is COc1cn(-c2ccc(-n3cccn3)cc2F)nc(C(=O)C=CN(C)C)c1=O. The molecule has 0 saturated heterocycles. The van der Waals surface area contributed by atoms with Crippen LogP contribution in [0.4, 0.5) is 4.39 Å². The second-order valence-corrected chi connectivity index (χ2v) is 6.05. The van der Waals surface area contributed by atoms with Gasteiger partial charge in [-0.1, -0.05) is 0 Å². The van der Waals surface area contributed by atoms with Crippen molar-refractivity contribution >= 4 is 5.78 Å². The Hall–Kier alpha value is -3.75. The molecule has 8 nitrogen and oxygen atoms in total. The quantitative estimate of drug-likeness (QED) is 0.477. The highest BCUT2D eigenvalue weighted by Crippen LogP contribution is 2.18. The molecular formula is C19H18FN5O3. The molecule has 0 N–H and O–H groups in total. The first kappa shape index (κ1) is 19.0. The lowest BCUT2D eigenvalue weighted by molar-refractivity contribution is 0.103. The maximum atomic E-state index is 14.7. The molecule has 0 saturated carbocycles. The predicted molar refractivity (Wildman–Crippen MR) is 101 cm³/mol. The first-order chi connectivity index (χ1) is 13.4. The first-order valence-electron chi connectivity index (χ1n) is 8.27. The maximum Gasteiger partial charge on any atom is 0.253 e. The number of rotatable bonds is 6. The van der Waals surface area contributed by atoms with Crippen LogP contribution in [0.25, 0.3) is 11.4 Å². The third-order valence-corrected chi connectivity index (χ3v) is 3.81. The molecule has 0 aliphatic heterocycles. The number of nitrogens with zero attached hydrogens (tertiary/aromatic N) is 5. The molecule has 3 aromatic rings. The summed E-state index contributed by atoms with van der Waals surface area (Å²) in [5, 5.41) is 8.08. The van der Waals surface area contributed by atoms with E-state index >= 15 is 0 Å². The van der Waals surface area contributed by atoms with E-state index in [-0.39, 0.29) is 17.1 Å². The first-order valence-corrected chi connectivity index (χ1v) is 8.27. The van der Waals surface area contributed by atoms with Crippen LogP contribution in [0.2, 0.25) is 0 Å². The van der Waals surface area contributed by atoms with Crippen molar-refractivity contribution < 1.29 is 13.9 Å². The summed E-state index contributed by atoms with van der Waals surface area (Å²) < 4.78 is 22.4. The van der Waals surface area contributed by atoms with Crippen molar-refractivity contribution in [3.05, 3.63) is 76.9 Å². The van der Waals surface area contributed by atoms with E-state index in [4.69, 9.17) is 4.74 Å². The average molecular weight is 383 g/mol. The van der Waals surface area contributed by atoms with Crippen molar-refractivity contribution in [3.63, 3.8) is 0 Å². The van der Waals surface area contributed by atoms with E-state index in [1.807, 2.05) is 0 Å². The summed E-state index contributed by atoms with van der Waals surface area (Å²) >= 11 is 0. The minimum atomic E-state index is -0.666. The van der Waals surface area contributed by atoms with Gasteiger partial charge >= 0.3 is 0 Å². The number of ether oxygens (including phenoxy) is 1. The Balaban J connectivity index is 2.08. The van der Waals surface area contributed by atoms with E-state index < -0.39 is 17.0 Å². The Kier molecular flexibility index (Phi) is 5.35. The van der Waals surface area contributed by atoms with E-state index in [1.165, 1.54) is 42.4 Å². The van der Waals surface area contributed by atoms with Crippen molar-refractivity contribution in [1.29, 1.82) is 0 Å². The van der Waals surface area contributed by atoms with Gasteiger partial charge in [0, 0.05) is 44.8 Å². The minimum absolute atomic E-state index is 0.0554. The summed E-state index contributed by atoms with van der Waals surface area (Å²) in [5.74, 6) is -1.33. The zero-order valence-corrected chi connectivity index (χ0v) is 15.5. The fraction of sp³-hybridized carbons (Fsp3) is 0.158. The summed E-state index contributed by atoms with van der Waals surface area (Å²) in [6, 6.07) is 6.12. The van der Waals surface area contributed by atoms with Gasteiger partial charge in [0.15, 0.2) is 17.3 Å². The zero-order valence-electron chi connectivity index (χ0n) is 15.5. The molecule has 0 spiro atoms. The van der Waals surface area contributed by atoms with E-state index in [1.54, 1.807) is 43.5 Å². The van der Waals surface area contributed by atoms with E-state index in [2.05, 4.69) is 10.2 Å². The van der Waals surface area contributed by atoms with Gasteiger partial charge in [-0.25, -0.2) is 13.8 Å². The van der Waals surface area contributed by atoms with Gasteiger partial charge in [-0.2, -0.15) is 10.2 Å². The second kappa shape index (κ2) is 7.87. The lowest BCUT2D eigenvalue weighted by Gasteiger charge is -2.11. The molecule has 0 fully saturated rings. The molecule has 0 bridgehead atoms. The van der Waals surface area contributed by atoms with Crippen molar-refractivity contribution in [1.82, 2.24) is 24.5 Å². The number of hydrogen-bond donors (Lipinski definition) is 0. The van der Waals surface area contributed by atoms with Crippen LogP contribution < -0.4 is 10.2 Å². The lowest BCUT2D eigenvalue weighted by Crippen LogP contribution is -2.22. The smallest absolute Gasteiger partial charge is 0.253 e. The molecular weight excluding hydrogens is 365 g/mol. The Labute approximate surface area is 160 Å². The van der Waals surface area contributed by atoms with Gasteiger partial charge in [0.05, 0.1) is 19.0 Å². The van der Waals surface area contributed by atoms with Crippen LogP contribution in [-0.4, -0.2) is 51.4 Å². The van der Waals surface area contributed by atoms with Crippen LogP contribution in [0, 0.1) is 5.82 Å². The number of benzene rings is 1. The highest BCUT2D eigenvalue weighted by atomic mass is 19.1. The van der Waals surface area contributed by atoms with Gasteiger partial charge < -0.3 is 9.64 Å². The topological polar surface area (TPSA) is 82.2 Å². The monoisotopic (exact) mass is 383 g/mol. The molecule has 144 valence electrons. The summed E-state index contributed by atoms with van der Waals surface area (Å²) in [7, 11) is 4.76. The molecule has 0 aliphatic carbocycles. The Morgan fingerprint density at radius 2 is 2.07 bits per heavy atom. The summed E-state index contributed by atoms with van der Waals surface area (Å²) in [5.41, 5.74) is -0.460. The van der Waals surface area contributed by atoms with Gasteiger partial charge in [-0.3, -0.25) is 9.59 Å². The molecule has 2 heterocycles. The van der Waals surface area contributed by atoms with Gasteiger partial charge in [0.1, 0.15) is 5.69 Å². The summed E-state index contributed by atoms with van der Waals surface area (Å²) in [4.78, 5) is 26.4. The van der Waals surface area contributed by atoms with Crippen LogP contribution >= 0.6 is 0 Å². The normalized spacial score (nSPS) is 11.0. The number of hydrogen-bond acceptors (Lipinski definition) is 6. The van der Waals surface area contributed by atoms with Gasteiger partial charge in [-0.15, -0.1) is 0 Å². The Morgan fingerprint density at radius 1 is 1.29 bits per heavy atom. The fourth-order valence-electron chi connectivity index (χ4n) is 2.44. The molecule has 0 amide bonds. The van der Waals surface area contributed by atoms with Crippen molar-refractivity contribution in [2.75, 3.05) is 21.2 Å². The number of methoxy groups -OCH3 is 1. The molecule has 28 heavy (non-hydrogen) atoms. The highest BCUT2D eigenvalue weighted by Gasteiger charge is 2.18. The van der Waals surface area contributed by atoms with Gasteiger partial charge in [0.25, 0.3) is 5.43 Å². The van der Waals surface area contributed by atoms with E-state index in [0.29, 0.717) is 5.69 Å². The number of halogens is 1. The Morgan fingerprint density at radius 3 is 2.68 bits per heavy atom. The molecule has 0 aliphatic rings. The maximum absolute atomic E-state index is 14.7. The summed E-state index contributed by atoms with van der Waals surface area (Å²) in [6.45, 7) is 0. The van der Waals surface area contributed by atoms with Gasteiger partial charge in [0.2, 0.25) is 5.78 Å². The zero-order chi connectivity index (χ0) is 20.3. The Bertz CT molecular complexity index is 1090. The van der Waals surface area contributed by atoms with Crippen molar-refractivity contribution in [3.8, 4) is 17.1 Å². The molecule has 2 aromatic heterocycles. The minimum Gasteiger partial charge on any atom is -0.491 e. The van der Waals surface area contributed by atoms with Gasteiger partial charge in [-0.05, 0) is 18.2 Å². The molecule has 0 atom stereocenters. The second-order valence-electron chi connectivity index (χ2n) is 6.05. The largest absolute Gasteiger partial charge is 0.491 e. The number of ketones is 1. The van der Waals surface area contributed by atoms with Crippen molar-refractivity contribution in [2.45, 2.75) is 0 Å². The van der Waals surface area contributed by atoms with Crippen LogP contribution in [0.1, 0.15) is 10.5 Å². The third-order valence-electron chi connectivity index (χ3n) is 3.81. The number of aromatic nitrogens is 4. The predicted octanol–water partition coefficient (Wildman–Crippen LogP) is 1.82. The molecule has 3 rings (SSSR count). The van der Waals surface area contributed by atoms with Crippen LogP contribution in [0.5, 0.6) is 5.75 Å². The molecule has 0 unspecified atom stereocenters. The van der Waals surface area contributed by atoms with E-state index in [9.17, 15) is 14.0 Å². The lowest BCUT2D eigenvalue weighted by atomic mass is 10.2. The summed E-state index contributed by atoms with van der Waals surface area (Å²) in [6.07, 6.45) is 7.21. The van der Waals surface area contributed by atoms with Crippen LogP contribution in [-0.2, 0) is 0 Å². The van der Waals surface area contributed by atoms with Crippen LogP contribution in [0.3, 0.4) is 0 Å². The number of carbonyl (C=O) groups is 1. The van der Waals surface area contributed by atoms with E-state index in [0.717, 1.165) is 4.68 Å².